The molecule has 0 bridgehead atoms. The average Bonchev–Trinajstić information content (AvgIpc) is 2.15. The molecule has 0 saturated carbocycles. The first-order valence-electron chi connectivity index (χ1n) is 5.30. The molecule has 7 heteroatoms. The van der Waals surface area contributed by atoms with E-state index in [9.17, 15) is 21.8 Å². The Kier molecular flexibility index (Phi) is 4.25. The van der Waals surface area contributed by atoms with Crippen molar-refractivity contribution in [1.29, 1.82) is 0 Å². The van der Waals surface area contributed by atoms with E-state index in [1.54, 1.807) is 7.05 Å². The third-order valence-electron chi connectivity index (χ3n) is 3.10. The van der Waals surface area contributed by atoms with Crippen LogP contribution < -0.4 is 0 Å². The second kappa shape index (κ2) is 4.93. The third kappa shape index (κ3) is 3.64. The number of alkyl halides is 2. The molecule has 1 aliphatic rings. The smallest absolute Gasteiger partial charge is 0.264 e. The van der Waals surface area contributed by atoms with Gasteiger partial charge in [-0.05, 0) is 19.3 Å². The van der Waals surface area contributed by atoms with E-state index in [2.05, 4.69) is 0 Å². The van der Waals surface area contributed by atoms with Gasteiger partial charge in [0.2, 0.25) is 0 Å². The van der Waals surface area contributed by atoms with Crippen LogP contribution in [0.2, 0.25) is 0 Å². The second-order valence-corrected chi connectivity index (χ2v) is 6.05. The number of rotatable bonds is 4. The van der Waals surface area contributed by atoms with E-state index < -0.39 is 28.3 Å². The lowest BCUT2D eigenvalue weighted by Gasteiger charge is -2.41. The van der Waals surface area contributed by atoms with Gasteiger partial charge in [0.05, 0.1) is 36.0 Å². The van der Waals surface area contributed by atoms with Gasteiger partial charge >= 0.3 is 0 Å². The van der Waals surface area contributed by atoms with Gasteiger partial charge in [0, 0.05) is 0 Å². The number of hydrogen-bond donors (Lipinski definition) is 0. The first-order chi connectivity index (χ1) is 7.25. The van der Waals surface area contributed by atoms with E-state index in [0.29, 0.717) is 13.1 Å². The van der Waals surface area contributed by atoms with Crippen molar-refractivity contribution in [1.82, 2.24) is 0 Å². The van der Waals surface area contributed by atoms with Gasteiger partial charge in [0.1, 0.15) is 0 Å². The minimum Gasteiger partial charge on any atom is -0.748 e. The van der Waals surface area contributed by atoms with Crippen molar-refractivity contribution >= 4 is 10.1 Å². The molecule has 0 aliphatic carbocycles. The number of hydrogen-bond acceptors (Lipinski definition) is 3. The van der Waals surface area contributed by atoms with Crippen LogP contribution >= 0.6 is 0 Å². The molecule has 2 atom stereocenters. The predicted octanol–water partition coefficient (Wildman–Crippen LogP) is 0.796. The molecule has 0 radical (unpaired) electrons. The standard InChI is InChI=1S/C9H17F2NO3S/c1-12(5-3-2-4-6-12)9(11)8(10)7-16(13,14)15/h8-9H,2-7H2,1H3. The summed E-state index contributed by atoms with van der Waals surface area (Å²) in [7, 11) is -3.15. The van der Waals surface area contributed by atoms with Gasteiger partial charge < -0.3 is 4.55 Å². The number of piperidine rings is 1. The first kappa shape index (κ1) is 13.8. The van der Waals surface area contributed by atoms with Crippen LogP contribution in [-0.4, -0.2) is 55.8 Å². The van der Waals surface area contributed by atoms with Crippen molar-refractivity contribution in [2.24, 2.45) is 0 Å². The summed E-state index contributed by atoms with van der Waals surface area (Å²) >= 11 is 0. The molecular formula is C9H17F2NO3S. The van der Waals surface area contributed by atoms with Crippen molar-refractivity contribution in [3.8, 4) is 0 Å². The molecule has 0 aromatic heterocycles. The molecule has 1 fully saturated rings. The van der Waals surface area contributed by atoms with E-state index in [1.165, 1.54) is 0 Å². The summed E-state index contributed by atoms with van der Waals surface area (Å²) in [6.45, 7) is 0.973. The molecule has 0 spiro atoms. The van der Waals surface area contributed by atoms with E-state index in [0.717, 1.165) is 19.3 Å². The minimum atomic E-state index is -4.71. The molecule has 0 aromatic rings. The van der Waals surface area contributed by atoms with E-state index >= 15 is 0 Å². The Morgan fingerprint density at radius 3 is 2.19 bits per heavy atom. The van der Waals surface area contributed by atoms with Crippen molar-refractivity contribution in [3.63, 3.8) is 0 Å². The molecule has 16 heavy (non-hydrogen) atoms. The van der Waals surface area contributed by atoms with Crippen molar-refractivity contribution in [2.75, 3.05) is 25.9 Å². The van der Waals surface area contributed by atoms with Crippen LogP contribution in [0.1, 0.15) is 19.3 Å². The Balaban J connectivity index is 2.64. The van der Waals surface area contributed by atoms with E-state index in [4.69, 9.17) is 0 Å². The Morgan fingerprint density at radius 1 is 1.25 bits per heavy atom. The van der Waals surface area contributed by atoms with E-state index in [-0.39, 0.29) is 4.48 Å². The third-order valence-corrected chi connectivity index (χ3v) is 3.82. The van der Waals surface area contributed by atoms with Gasteiger partial charge in [-0.3, -0.25) is 4.48 Å². The lowest BCUT2D eigenvalue weighted by molar-refractivity contribution is -0.953. The molecule has 96 valence electrons. The maximum Gasteiger partial charge on any atom is 0.264 e. The highest BCUT2D eigenvalue weighted by Gasteiger charge is 2.40. The highest BCUT2D eigenvalue weighted by atomic mass is 32.2. The van der Waals surface area contributed by atoms with Gasteiger partial charge in [-0.1, -0.05) is 0 Å². The number of quaternary nitrogens is 1. The largest absolute Gasteiger partial charge is 0.748 e. The lowest BCUT2D eigenvalue weighted by atomic mass is 10.1. The van der Waals surface area contributed by atoms with Crippen molar-refractivity contribution in [2.45, 2.75) is 31.7 Å². The van der Waals surface area contributed by atoms with Crippen molar-refractivity contribution in [3.05, 3.63) is 0 Å². The predicted molar refractivity (Wildman–Crippen MR) is 54.1 cm³/mol. The van der Waals surface area contributed by atoms with Gasteiger partial charge in [0.25, 0.3) is 6.30 Å². The SMILES string of the molecule is C[N+]1(C(F)C(F)CS(=O)(=O)[O-])CCCCC1. The van der Waals surface area contributed by atoms with Crippen LogP contribution in [-0.2, 0) is 10.1 Å². The van der Waals surface area contributed by atoms with Crippen LogP contribution in [0.15, 0.2) is 0 Å². The van der Waals surface area contributed by atoms with Gasteiger partial charge in [-0.2, -0.15) is 4.39 Å². The average molecular weight is 257 g/mol. The maximum atomic E-state index is 13.8. The van der Waals surface area contributed by atoms with Crippen LogP contribution in [0.4, 0.5) is 8.78 Å². The fourth-order valence-electron chi connectivity index (χ4n) is 2.15. The summed E-state index contributed by atoms with van der Waals surface area (Å²) < 4.78 is 58.1. The Labute approximate surface area is 94.6 Å². The van der Waals surface area contributed by atoms with Crippen LogP contribution in [0, 0.1) is 0 Å². The zero-order valence-corrected chi connectivity index (χ0v) is 10.0. The second-order valence-electron chi connectivity index (χ2n) is 4.60. The summed E-state index contributed by atoms with van der Waals surface area (Å²) in [5, 5.41) is 0. The Hall–Kier alpha value is -0.270. The molecular weight excluding hydrogens is 240 g/mol. The fourth-order valence-corrected chi connectivity index (χ4v) is 2.69. The molecule has 2 unspecified atom stereocenters. The number of nitrogens with zero attached hydrogens (tertiary/aromatic N) is 1. The molecule has 1 aliphatic heterocycles. The summed E-state index contributed by atoms with van der Waals surface area (Å²) in [4.78, 5) is 0. The fraction of sp³-hybridized carbons (Fsp3) is 1.00. The quantitative estimate of drug-likeness (QED) is 0.425. The zero-order chi connectivity index (χ0) is 12.4. The van der Waals surface area contributed by atoms with Crippen LogP contribution in [0.25, 0.3) is 0 Å². The summed E-state index contributed by atoms with van der Waals surface area (Å²) in [6, 6.07) is 0. The Morgan fingerprint density at radius 2 is 1.75 bits per heavy atom. The normalized spacial score (nSPS) is 25.0. The summed E-state index contributed by atoms with van der Waals surface area (Å²) in [6.07, 6.45) is -1.58. The maximum absolute atomic E-state index is 13.8. The summed E-state index contributed by atoms with van der Waals surface area (Å²) in [5.41, 5.74) is 0. The molecule has 4 nitrogen and oxygen atoms in total. The topological polar surface area (TPSA) is 57.2 Å². The number of likely N-dealkylation sites (tertiary alicyclic amines) is 1. The number of halogens is 2. The van der Waals surface area contributed by atoms with E-state index in [1.807, 2.05) is 0 Å². The molecule has 0 N–H and O–H groups in total. The highest BCUT2D eigenvalue weighted by Crippen LogP contribution is 2.24. The monoisotopic (exact) mass is 257 g/mol. The highest BCUT2D eigenvalue weighted by molar-refractivity contribution is 7.85. The zero-order valence-electron chi connectivity index (χ0n) is 9.23. The molecule has 0 amide bonds. The molecule has 1 saturated heterocycles. The Bertz CT molecular complexity index is 328. The lowest BCUT2D eigenvalue weighted by Crippen LogP contribution is -2.57. The van der Waals surface area contributed by atoms with Gasteiger partial charge in [-0.25, -0.2) is 12.8 Å². The van der Waals surface area contributed by atoms with Gasteiger partial charge in [0.15, 0.2) is 6.17 Å². The molecule has 1 rings (SSSR count). The molecule has 1 heterocycles. The first-order valence-corrected chi connectivity index (χ1v) is 6.88. The van der Waals surface area contributed by atoms with Crippen LogP contribution in [0.5, 0.6) is 0 Å². The molecule has 0 aromatic carbocycles. The van der Waals surface area contributed by atoms with Crippen molar-refractivity contribution < 1.29 is 26.2 Å². The van der Waals surface area contributed by atoms with Crippen LogP contribution in [0.3, 0.4) is 0 Å². The minimum absolute atomic E-state index is 0.128. The van der Waals surface area contributed by atoms with Gasteiger partial charge in [-0.15, -0.1) is 0 Å². The summed E-state index contributed by atoms with van der Waals surface area (Å²) in [5.74, 6) is -1.28.